The molecular formula is C23H21FN2O. The Labute approximate surface area is 158 Å². The van der Waals surface area contributed by atoms with Crippen LogP contribution in [-0.4, -0.2) is 11.9 Å². The average Bonchev–Trinajstić information content (AvgIpc) is 2.69. The SMILES string of the molecule is C[C@@H]1C[C@H](N(C(=O)c2cccc(F)c2)c2ccccc2)c2ccccc2N1. The summed E-state index contributed by atoms with van der Waals surface area (Å²) in [6.07, 6.45) is 0.771. The molecule has 4 heteroatoms. The Hall–Kier alpha value is -3.14. The number of benzene rings is 3. The Balaban J connectivity index is 1.83. The molecule has 1 aliphatic rings. The Morgan fingerprint density at radius 2 is 1.74 bits per heavy atom. The maximum absolute atomic E-state index is 13.8. The standard InChI is InChI=1S/C23H21FN2O/c1-16-14-22(20-12-5-6-13-21(20)25-16)26(19-10-3-2-4-11-19)23(27)17-8-7-9-18(24)15-17/h2-13,15-16,22,25H,14H2,1H3/t16-,22+/m1/s1. The topological polar surface area (TPSA) is 32.3 Å². The van der Waals surface area contributed by atoms with Crippen LogP contribution < -0.4 is 10.2 Å². The molecule has 1 N–H and O–H groups in total. The summed E-state index contributed by atoms with van der Waals surface area (Å²) in [6.45, 7) is 2.11. The summed E-state index contributed by atoms with van der Waals surface area (Å²) in [5.41, 5.74) is 3.27. The second-order valence-corrected chi connectivity index (χ2v) is 6.91. The Morgan fingerprint density at radius 1 is 1.00 bits per heavy atom. The van der Waals surface area contributed by atoms with Crippen molar-refractivity contribution in [1.29, 1.82) is 0 Å². The molecule has 1 aliphatic heterocycles. The average molecular weight is 360 g/mol. The third-order valence-corrected chi connectivity index (χ3v) is 4.93. The van der Waals surface area contributed by atoms with Crippen LogP contribution in [0.15, 0.2) is 78.9 Å². The lowest BCUT2D eigenvalue weighted by Crippen LogP contribution is -2.40. The highest BCUT2D eigenvalue weighted by molar-refractivity contribution is 6.06. The number of nitrogens with zero attached hydrogens (tertiary/aromatic N) is 1. The zero-order chi connectivity index (χ0) is 18.8. The third-order valence-electron chi connectivity index (χ3n) is 4.93. The van der Waals surface area contributed by atoms with Gasteiger partial charge in [0.1, 0.15) is 5.82 Å². The molecular weight excluding hydrogens is 339 g/mol. The number of carbonyl (C=O) groups is 1. The van der Waals surface area contributed by atoms with Gasteiger partial charge < -0.3 is 10.2 Å². The fourth-order valence-corrected chi connectivity index (χ4v) is 3.74. The molecule has 27 heavy (non-hydrogen) atoms. The summed E-state index contributed by atoms with van der Waals surface area (Å²) < 4.78 is 13.8. The molecule has 1 heterocycles. The molecule has 0 saturated carbocycles. The zero-order valence-electron chi connectivity index (χ0n) is 15.1. The number of amides is 1. The van der Waals surface area contributed by atoms with Gasteiger partial charge in [-0.25, -0.2) is 4.39 Å². The van der Waals surface area contributed by atoms with Gasteiger partial charge in [-0.2, -0.15) is 0 Å². The van der Waals surface area contributed by atoms with E-state index in [0.29, 0.717) is 5.56 Å². The van der Waals surface area contributed by atoms with Crippen molar-refractivity contribution in [2.24, 2.45) is 0 Å². The van der Waals surface area contributed by atoms with E-state index in [2.05, 4.69) is 12.2 Å². The van der Waals surface area contributed by atoms with E-state index >= 15 is 0 Å². The quantitative estimate of drug-likeness (QED) is 0.676. The molecule has 0 saturated heterocycles. The van der Waals surface area contributed by atoms with E-state index in [9.17, 15) is 9.18 Å². The van der Waals surface area contributed by atoms with Crippen molar-refractivity contribution in [3.63, 3.8) is 0 Å². The normalized spacial score (nSPS) is 18.3. The summed E-state index contributed by atoms with van der Waals surface area (Å²) in [6, 6.07) is 23.6. The number of anilines is 2. The van der Waals surface area contributed by atoms with E-state index in [1.54, 1.807) is 17.0 Å². The second kappa shape index (κ2) is 7.23. The van der Waals surface area contributed by atoms with Gasteiger partial charge in [-0.3, -0.25) is 4.79 Å². The third kappa shape index (κ3) is 3.43. The van der Waals surface area contributed by atoms with Gasteiger partial charge in [-0.15, -0.1) is 0 Å². The Morgan fingerprint density at radius 3 is 2.52 bits per heavy atom. The van der Waals surface area contributed by atoms with E-state index < -0.39 is 5.82 Å². The number of fused-ring (bicyclic) bond motifs is 1. The van der Waals surface area contributed by atoms with E-state index in [-0.39, 0.29) is 18.0 Å². The second-order valence-electron chi connectivity index (χ2n) is 6.91. The molecule has 4 rings (SSSR count). The number of hydrogen-bond donors (Lipinski definition) is 1. The predicted octanol–water partition coefficient (Wildman–Crippen LogP) is 5.42. The number of rotatable bonds is 3. The van der Waals surface area contributed by atoms with Crippen molar-refractivity contribution in [2.45, 2.75) is 25.4 Å². The van der Waals surface area contributed by atoms with Crippen LogP contribution in [-0.2, 0) is 0 Å². The first kappa shape index (κ1) is 17.3. The zero-order valence-corrected chi connectivity index (χ0v) is 15.1. The monoisotopic (exact) mass is 360 g/mol. The molecule has 2 atom stereocenters. The molecule has 3 aromatic carbocycles. The molecule has 3 nitrogen and oxygen atoms in total. The lowest BCUT2D eigenvalue weighted by Gasteiger charge is -2.39. The van der Waals surface area contributed by atoms with Gasteiger partial charge in [0.2, 0.25) is 0 Å². The highest BCUT2D eigenvalue weighted by Gasteiger charge is 2.33. The number of para-hydroxylation sites is 2. The van der Waals surface area contributed by atoms with Crippen LogP contribution in [0, 0.1) is 5.82 Å². The minimum Gasteiger partial charge on any atom is -0.382 e. The molecule has 0 bridgehead atoms. The van der Waals surface area contributed by atoms with Gasteiger partial charge in [-0.1, -0.05) is 42.5 Å². The minimum absolute atomic E-state index is 0.129. The number of nitrogens with one attached hydrogen (secondary N) is 1. The van der Waals surface area contributed by atoms with Gasteiger partial charge in [0.15, 0.2) is 0 Å². The van der Waals surface area contributed by atoms with E-state index in [1.165, 1.54) is 12.1 Å². The maximum Gasteiger partial charge on any atom is 0.258 e. The minimum atomic E-state index is -0.409. The molecule has 0 aromatic heterocycles. The first-order valence-electron chi connectivity index (χ1n) is 9.13. The fraction of sp³-hybridized carbons (Fsp3) is 0.174. The Bertz CT molecular complexity index is 957. The van der Waals surface area contributed by atoms with Gasteiger partial charge in [-0.05, 0) is 55.3 Å². The van der Waals surface area contributed by atoms with E-state index in [0.717, 1.165) is 23.4 Å². The molecule has 1 amide bonds. The molecule has 0 unspecified atom stereocenters. The van der Waals surface area contributed by atoms with Gasteiger partial charge in [0, 0.05) is 23.0 Å². The summed E-state index contributed by atoms with van der Waals surface area (Å²) in [5.74, 6) is -0.609. The van der Waals surface area contributed by atoms with E-state index in [4.69, 9.17) is 0 Å². The molecule has 0 fully saturated rings. The van der Waals surface area contributed by atoms with Crippen LogP contribution in [0.1, 0.15) is 35.3 Å². The predicted molar refractivity (Wildman–Crippen MR) is 107 cm³/mol. The molecule has 0 spiro atoms. The largest absolute Gasteiger partial charge is 0.382 e. The number of carbonyl (C=O) groups excluding carboxylic acids is 1. The summed E-state index contributed by atoms with van der Waals surface area (Å²) in [4.78, 5) is 15.2. The van der Waals surface area contributed by atoms with Crippen LogP contribution in [0.5, 0.6) is 0 Å². The highest BCUT2D eigenvalue weighted by atomic mass is 19.1. The summed E-state index contributed by atoms with van der Waals surface area (Å²) in [5, 5.41) is 3.49. The van der Waals surface area contributed by atoms with Crippen molar-refractivity contribution >= 4 is 17.3 Å². The molecule has 3 aromatic rings. The molecule has 136 valence electrons. The first-order valence-corrected chi connectivity index (χ1v) is 9.13. The van der Waals surface area contributed by atoms with Crippen LogP contribution in [0.2, 0.25) is 0 Å². The van der Waals surface area contributed by atoms with Crippen molar-refractivity contribution in [1.82, 2.24) is 0 Å². The highest BCUT2D eigenvalue weighted by Crippen LogP contribution is 2.39. The molecule has 0 aliphatic carbocycles. The van der Waals surface area contributed by atoms with Gasteiger partial charge in [0.25, 0.3) is 5.91 Å². The Kier molecular flexibility index (Phi) is 4.63. The lowest BCUT2D eigenvalue weighted by molar-refractivity contribution is 0.0973. The maximum atomic E-state index is 13.8. The first-order chi connectivity index (χ1) is 13.1. The van der Waals surface area contributed by atoms with Gasteiger partial charge >= 0.3 is 0 Å². The van der Waals surface area contributed by atoms with Crippen molar-refractivity contribution in [3.8, 4) is 0 Å². The van der Waals surface area contributed by atoms with Gasteiger partial charge in [0.05, 0.1) is 6.04 Å². The van der Waals surface area contributed by atoms with Crippen LogP contribution in [0.25, 0.3) is 0 Å². The number of halogens is 1. The molecule has 0 radical (unpaired) electrons. The van der Waals surface area contributed by atoms with E-state index in [1.807, 2.05) is 54.6 Å². The summed E-state index contributed by atoms with van der Waals surface area (Å²) >= 11 is 0. The van der Waals surface area contributed by atoms with Crippen molar-refractivity contribution < 1.29 is 9.18 Å². The van der Waals surface area contributed by atoms with Crippen LogP contribution >= 0.6 is 0 Å². The number of hydrogen-bond acceptors (Lipinski definition) is 2. The smallest absolute Gasteiger partial charge is 0.258 e. The van der Waals surface area contributed by atoms with Crippen molar-refractivity contribution in [3.05, 3.63) is 95.8 Å². The van der Waals surface area contributed by atoms with Crippen LogP contribution in [0.4, 0.5) is 15.8 Å². The van der Waals surface area contributed by atoms with Crippen LogP contribution in [0.3, 0.4) is 0 Å². The fourth-order valence-electron chi connectivity index (χ4n) is 3.74. The lowest BCUT2D eigenvalue weighted by atomic mass is 9.91. The summed E-state index contributed by atoms with van der Waals surface area (Å²) in [7, 11) is 0. The van der Waals surface area contributed by atoms with Crippen molar-refractivity contribution in [2.75, 3.05) is 10.2 Å².